The topological polar surface area (TPSA) is 69.6 Å². The molecule has 2 rings (SSSR count). The molecule has 0 spiro atoms. The first-order valence-electron chi connectivity index (χ1n) is 6.52. The predicted molar refractivity (Wildman–Crippen MR) is 68.4 cm³/mol. The number of hydrogen-bond donors (Lipinski definition) is 3. The van der Waals surface area contributed by atoms with Gasteiger partial charge in [-0.15, -0.1) is 0 Å². The standard InChI is InChI=1S/C14H18FNO3/c15-10-5-6-13(18)11(7-10)14(19)16-12-4-2-1-3-9(12)8-17/h5-7,9,12,17-18H,1-4,8H2,(H,16,19). The molecule has 2 atom stereocenters. The van der Waals surface area contributed by atoms with Crippen LogP contribution in [0.3, 0.4) is 0 Å². The van der Waals surface area contributed by atoms with Gasteiger partial charge in [0, 0.05) is 18.6 Å². The van der Waals surface area contributed by atoms with Crippen LogP contribution in [0.5, 0.6) is 5.75 Å². The van der Waals surface area contributed by atoms with Gasteiger partial charge < -0.3 is 15.5 Å². The van der Waals surface area contributed by atoms with E-state index >= 15 is 0 Å². The highest BCUT2D eigenvalue weighted by Gasteiger charge is 2.26. The van der Waals surface area contributed by atoms with Crippen molar-refractivity contribution in [2.75, 3.05) is 6.61 Å². The van der Waals surface area contributed by atoms with Gasteiger partial charge in [-0.1, -0.05) is 12.8 Å². The van der Waals surface area contributed by atoms with Crippen molar-refractivity contribution in [1.82, 2.24) is 5.32 Å². The lowest BCUT2D eigenvalue weighted by molar-refractivity contribution is 0.0869. The Balaban J connectivity index is 2.09. The van der Waals surface area contributed by atoms with Gasteiger partial charge in [0.05, 0.1) is 5.56 Å². The lowest BCUT2D eigenvalue weighted by Gasteiger charge is -2.30. The number of halogens is 1. The van der Waals surface area contributed by atoms with E-state index in [9.17, 15) is 19.4 Å². The third kappa shape index (κ3) is 3.23. The van der Waals surface area contributed by atoms with Gasteiger partial charge in [-0.2, -0.15) is 0 Å². The Hall–Kier alpha value is -1.62. The van der Waals surface area contributed by atoms with E-state index in [1.54, 1.807) is 0 Å². The molecule has 0 radical (unpaired) electrons. The third-order valence-corrected chi connectivity index (χ3v) is 3.66. The van der Waals surface area contributed by atoms with Crippen molar-refractivity contribution >= 4 is 5.91 Å². The highest BCUT2D eigenvalue weighted by Crippen LogP contribution is 2.25. The Morgan fingerprint density at radius 2 is 2.11 bits per heavy atom. The fourth-order valence-electron chi connectivity index (χ4n) is 2.55. The van der Waals surface area contributed by atoms with Gasteiger partial charge in [-0.05, 0) is 31.0 Å². The quantitative estimate of drug-likeness (QED) is 0.782. The summed E-state index contributed by atoms with van der Waals surface area (Å²) in [5.41, 5.74) is -0.0673. The molecular weight excluding hydrogens is 249 g/mol. The molecule has 1 aromatic carbocycles. The number of aliphatic hydroxyl groups excluding tert-OH is 1. The van der Waals surface area contributed by atoms with Crippen LogP contribution in [-0.4, -0.2) is 28.8 Å². The molecule has 3 N–H and O–H groups in total. The summed E-state index contributed by atoms with van der Waals surface area (Å²) in [5, 5.41) is 21.6. The fourth-order valence-corrected chi connectivity index (χ4v) is 2.55. The van der Waals surface area contributed by atoms with Crippen LogP contribution < -0.4 is 5.32 Å². The monoisotopic (exact) mass is 267 g/mol. The van der Waals surface area contributed by atoms with E-state index in [4.69, 9.17) is 0 Å². The SMILES string of the molecule is O=C(NC1CCCCC1CO)c1cc(F)ccc1O. The zero-order valence-electron chi connectivity index (χ0n) is 10.6. The lowest BCUT2D eigenvalue weighted by atomic mass is 9.85. The van der Waals surface area contributed by atoms with E-state index in [0.29, 0.717) is 0 Å². The van der Waals surface area contributed by atoms with Crippen LogP contribution in [0.25, 0.3) is 0 Å². The summed E-state index contributed by atoms with van der Waals surface area (Å²) < 4.78 is 13.1. The summed E-state index contributed by atoms with van der Waals surface area (Å²) >= 11 is 0. The van der Waals surface area contributed by atoms with Crippen molar-refractivity contribution < 1.29 is 19.4 Å². The number of carbonyl (C=O) groups excluding carboxylic acids is 1. The Bertz CT molecular complexity index is 464. The second-order valence-electron chi connectivity index (χ2n) is 4.97. The zero-order valence-corrected chi connectivity index (χ0v) is 10.6. The summed E-state index contributed by atoms with van der Waals surface area (Å²) in [4.78, 5) is 12.0. The fraction of sp³-hybridized carbons (Fsp3) is 0.500. The van der Waals surface area contributed by atoms with Crippen molar-refractivity contribution in [3.05, 3.63) is 29.6 Å². The molecule has 1 amide bonds. The van der Waals surface area contributed by atoms with Gasteiger partial charge in [0.1, 0.15) is 11.6 Å². The van der Waals surface area contributed by atoms with E-state index in [2.05, 4.69) is 5.32 Å². The minimum Gasteiger partial charge on any atom is -0.507 e. The van der Waals surface area contributed by atoms with Crippen LogP contribution in [0, 0.1) is 11.7 Å². The highest BCUT2D eigenvalue weighted by atomic mass is 19.1. The van der Waals surface area contributed by atoms with Crippen LogP contribution in [-0.2, 0) is 0 Å². The molecule has 1 fully saturated rings. The average molecular weight is 267 g/mol. The van der Waals surface area contributed by atoms with Gasteiger partial charge in [0.2, 0.25) is 0 Å². The molecule has 1 aliphatic carbocycles. The molecule has 104 valence electrons. The van der Waals surface area contributed by atoms with Crippen molar-refractivity contribution in [2.24, 2.45) is 5.92 Å². The zero-order chi connectivity index (χ0) is 13.8. The van der Waals surface area contributed by atoms with Gasteiger partial charge >= 0.3 is 0 Å². The van der Waals surface area contributed by atoms with Crippen LogP contribution >= 0.6 is 0 Å². The number of carbonyl (C=O) groups is 1. The van der Waals surface area contributed by atoms with E-state index in [0.717, 1.165) is 43.9 Å². The number of phenols is 1. The first kappa shape index (κ1) is 13.8. The smallest absolute Gasteiger partial charge is 0.255 e. The summed E-state index contributed by atoms with van der Waals surface area (Å²) in [6.07, 6.45) is 3.71. The predicted octanol–water partition coefficient (Wildman–Crippen LogP) is 1.81. The molecule has 1 aromatic rings. The molecule has 0 bridgehead atoms. The number of nitrogens with one attached hydrogen (secondary N) is 1. The molecule has 5 heteroatoms. The first-order valence-corrected chi connectivity index (χ1v) is 6.52. The summed E-state index contributed by atoms with van der Waals surface area (Å²) in [7, 11) is 0. The summed E-state index contributed by atoms with van der Waals surface area (Å²) in [6.45, 7) is 0.0279. The largest absolute Gasteiger partial charge is 0.507 e. The molecule has 2 unspecified atom stereocenters. The Morgan fingerprint density at radius 3 is 2.84 bits per heavy atom. The Labute approximate surface area is 111 Å². The Morgan fingerprint density at radius 1 is 1.37 bits per heavy atom. The number of aromatic hydroxyl groups is 1. The van der Waals surface area contributed by atoms with Gasteiger partial charge in [-0.3, -0.25) is 4.79 Å². The lowest BCUT2D eigenvalue weighted by Crippen LogP contribution is -2.43. The van der Waals surface area contributed by atoms with E-state index < -0.39 is 11.7 Å². The van der Waals surface area contributed by atoms with Gasteiger partial charge in [0.15, 0.2) is 0 Å². The number of hydrogen-bond acceptors (Lipinski definition) is 3. The second kappa shape index (κ2) is 6.02. The van der Waals surface area contributed by atoms with Crippen molar-refractivity contribution in [3.8, 4) is 5.75 Å². The number of amides is 1. The normalized spacial score (nSPS) is 23.1. The number of phenolic OH excluding ortho intramolecular Hbond substituents is 1. The van der Waals surface area contributed by atoms with Crippen LogP contribution in [0.1, 0.15) is 36.0 Å². The van der Waals surface area contributed by atoms with Crippen LogP contribution in [0.2, 0.25) is 0 Å². The number of benzene rings is 1. The molecule has 1 aliphatic rings. The van der Waals surface area contributed by atoms with E-state index in [1.807, 2.05) is 0 Å². The van der Waals surface area contributed by atoms with Crippen molar-refractivity contribution in [1.29, 1.82) is 0 Å². The van der Waals surface area contributed by atoms with E-state index in [1.165, 1.54) is 0 Å². The van der Waals surface area contributed by atoms with Gasteiger partial charge in [0.25, 0.3) is 5.91 Å². The van der Waals surface area contributed by atoms with Crippen molar-refractivity contribution in [2.45, 2.75) is 31.7 Å². The molecule has 19 heavy (non-hydrogen) atoms. The molecule has 4 nitrogen and oxygen atoms in total. The molecule has 0 aliphatic heterocycles. The number of aliphatic hydroxyl groups is 1. The molecular formula is C14H18FNO3. The molecule has 0 saturated heterocycles. The van der Waals surface area contributed by atoms with Crippen LogP contribution in [0.15, 0.2) is 18.2 Å². The molecule has 0 aromatic heterocycles. The molecule has 1 saturated carbocycles. The summed E-state index contributed by atoms with van der Waals surface area (Å²) in [6, 6.07) is 3.16. The highest BCUT2D eigenvalue weighted by molar-refractivity contribution is 5.97. The van der Waals surface area contributed by atoms with Crippen LogP contribution in [0.4, 0.5) is 4.39 Å². The third-order valence-electron chi connectivity index (χ3n) is 3.66. The Kier molecular flexibility index (Phi) is 4.37. The maximum absolute atomic E-state index is 13.1. The molecule has 0 heterocycles. The van der Waals surface area contributed by atoms with E-state index in [-0.39, 0.29) is 29.9 Å². The summed E-state index contributed by atoms with van der Waals surface area (Å²) in [5.74, 6) is -1.27. The number of rotatable bonds is 3. The minimum atomic E-state index is -0.565. The minimum absolute atomic E-state index is 0.0279. The first-order chi connectivity index (χ1) is 9.11. The van der Waals surface area contributed by atoms with Gasteiger partial charge in [-0.25, -0.2) is 4.39 Å². The maximum atomic E-state index is 13.1. The average Bonchev–Trinajstić information content (AvgIpc) is 2.42. The van der Waals surface area contributed by atoms with Crippen molar-refractivity contribution in [3.63, 3.8) is 0 Å². The second-order valence-corrected chi connectivity index (χ2v) is 4.97. The maximum Gasteiger partial charge on any atom is 0.255 e.